The molecule has 0 amide bonds. The van der Waals surface area contributed by atoms with Crippen LogP contribution in [0, 0.1) is 0 Å². The summed E-state index contributed by atoms with van der Waals surface area (Å²) in [6.07, 6.45) is 2.08. The van der Waals surface area contributed by atoms with Gasteiger partial charge in [0.2, 0.25) is 0 Å². The number of rotatable bonds is 4. The van der Waals surface area contributed by atoms with Gasteiger partial charge in [0.15, 0.2) is 5.96 Å². The molecule has 0 bridgehead atoms. The third kappa shape index (κ3) is 2.96. The summed E-state index contributed by atoms with van der Waals surface area (Å²) in [5.74, 6) is 0.952. The molecule has 22 heavy (non-hydrogen) atoms. The van der Waals surface area contributed by atoms with Crippen LogP contribution in [-0.4, -0.2) is 57.9 Å². The van der Waals surface area contributed by atoms with Gasteiger partial charge in [0, 0.05) is 27.2 Å². The molecule has 0 fully saturated rings. The zero-order valence-corrected chi connectivity index (χ0v) is 13.5. The van der Waals surface area contributed by atoms with Crippen molar-refractivity contribution in [1.82, 2.24) is 10.2 Å². The van der Waals surface area contributed by atoms with Crippen molar-refractivity contribution in [3.63, 3.8) is 0 Å². The monoisotopic (exact) mass is 303 g/mol. The van der Waals surface area contributed by atoms with Gasteiger partial charge in [-0.1, -0.05) is 24.3 Å². The van der Waals surface area contributed by atoms with E-state index >= 15 is 0 Å². The quantitative estimate of drug-likeness (QED) is 0.913. The normalized spacial score (nSPS) is 24.6. The third-order valence-electron chi connectivity index (χ3n) is 4.44. The number of aliphatic imine (C=N–C) groups is 1. The Hall–Kier alpha value is -1.59. The highest BCUT2D eigenvalue weighted by Crippen LogP contribution is 2.33. The molecule has 0 aliphatic carbocycles. The molecule has 0 saturated heterocycles. The third-order valence-corrected chi connectivity index (χ3v) is 4.44. The summed E-state index contributed by atoms with van der Waals surface area (Å²) in [6, 6.07) is 8.50. The number of methoxy groups -OCH3 is 1. The highest BCUT2D eigenvalue weighted by atomic mass is 16.5. The molecule has 1 atom stereocenters. The zero-order chi connectivity index (χ0) is 15.4. The maximum atomic E-state index is 6.20. The Kier molecular flexibility index (Phi) is 4.64. The largest absolute Gasteiger partial charge is 0.381 e. The minimum atomic E-state index is -0.440. The summed E-state index contributed by atoms with van der Waals surface area (Å²) < 4.78 is 11.7. The molecule has 5 nitrogen and oxygen atoms in total. The van der Waals surface area contributed by atoms with Crippen molar-refractivity contribution in [2.75, 3.05) is 47.0 Å². The molecule has 2 heterocycles. The van der Waals surface area contributed by atoms with Gasteiger partial charge in [-0.15, -0.1) is 0 Å². The SMILES string of the molecule is COCC1(CNC2=NCCCN2C)OCCc2ccccc21. The van der Waals surface area contributed by atoms with Crippen LogP contribution in [0.1, 0.15) is 17.5 Å². The molecule has 0 saturated carbocycles. The van der Waals surface area contributed by atoms with Crippen molar-refractivity contribution >= 4 is 5.96 Å². The molecule has 120 valence electrons. The van der Waals surface area contributed by atoms with E-state index < -0.39 is 5.60 Å². The number of hydrogen-bond donors (Lipinski definition) is 1. The topological polar surface area (TPSA) is 46.1 Å². The van der Waals surface area contributed by atoms with Crippen LogP contribution in [0.4, 0.5) is 0 Å². The molecular weight excluding hydrogens is 278 g/mol. The number of guanidine groups is 1. The molecular formula is C17H25N3O2. The number of ether oxygens (including phenoxy) is 2. The Bertz CT molecular complexity index is 546. The first kappa shape index (κ1) is 15.3. The van der Waals surface area contributed by atoms with Crippen molar-refractivity contribution in [2.45, 2.75) is 18.4 Å². The van der Waals surface area contributed by atoms with Crippen LogP contribution in [0.2, 0.25) is 0 Å². The summed E-state index contributed by atoms with van der Waals surface area (Å²) in [6.45, 7) is 3.86. The first-order valence-electron chi connectivity index (χ1n) is 7.96. The molecule has 2 aliphatic heterocycles. The standard InChI is InChI=1S/C17H25N3O2/c1-20-10-5-9-18-16(20)19-12-17(13-21-2)15-7-4-3-6-14(15)8-11-22-17/h3-4,6-7H,5,8-13H2,1-2H3,(H,18,19). The molecule has 0 radical (unpaired) electrons. The van der Waals surface area contributed by atoms with Gasteiger partial charge >= 0.3 is 0 Å². The number of benzene rings is 1. The maximum Gasteiger partial charge on any atom is 0.193 e. The fourth-order valence-electron chi connectivity index (χ4n) is 3.30. The molecule has 1 aromatic rings. The fourth-order valence-corrected chi connectivity index (χ4v) is 3.30. The van der Waals surface area contributed by atoms with E-state index in [-0.39, 0.29) is 0 Å². The molecule has 1 aromatic carbocycles. The van der Waals surface area contributed by atoms with Crippen molar-refractivity contribution < 1.29 is 9.47 Å². The maximum absolute atomic E-state index is 6.20. The lowest BCUT2D eigenvalue weighted by molar-refractivity contribution is -0.0990. The van der Waals surface area contributed by atoms with Gasteiger partial charge in [-0.2, -0.15) is 0 Å². The second-order valence-corrected chi connectivity index (χ2v) is 6.02. The number of hydrogen-bond acceptors (Lipinski definition) is 5. The van der Waals surface area contributed by atoms with E-state index in [1.54, 1.807) is 7.11 Å². The lowest BCUT2D eigenvalue weighted by Crippen LogP contribution is -2.52. The van der Waals surface area contributed by atoms with Crippen molar-refractivity contribution in [1.29, 1.82) is 0 Å². The first-order valence-corrected chi connectivity index (χ1v) is 7.96. The second kappa shape index (κ2) is 6.67. The molecule has 1 unspecified atom stereocenters. The smallest absolute Gasteiger partial charge is 0.193 e. The van der Waals surface area contributed by atoms with Gasteiger partial charge in [0.25, 0.3) is 0 Å². The van der Waals surface area contributed by atoms with E-state index in [1.165, 1.54) is 11.1 Å². The van der Waals surface area contributed by atoms with Crippen LogP contribution >= 0.6 is 0 Å². The highest BCUT2D eigenvalue weighted by Gasteiger charge is 2.38. The Labute approximate surface area is 132 Å². The zero-order valence-electron chi connectivity index (χ0n) is 13.5. The Morgan fingerprint density at radius 1 is 1.41 bits per heavy atom. The predicted octanol–water partition coefficient (Wildman–Crippen LogP) is 1.38. The summed E-state index contributed by atoms with van der Waals surface area (Å²) in [4.78, 5) is 6.74. The van der Waals surface area contributed by atoms with Crippen LogP contribution < -0.4 is 5.32 Å². The van der Waals surface area contributed by atoms with Crippen molar-refractivity contribution in [3.05, 3.63) is 35.4 Å². The Morgan fingerprint density at radius 2 is 2.27 bits per heavy atom. The van der Waals surface area contributed by atoms with Gasteiger partial charge in [0.1, 0.15) is 5.60 Å². The minimum Gasteiger partial charge on any atom is -0.381 e. The Morgan fingerprint density at radius 3 is 3.09 bits per heavy atom. The van der Waals surface area contributed by atoms with E-state index in [1.807, 2.05) is 0 Å². The van der Waals surface area contributed by atoms with E-state index in [9.17, 15) is 0 Å². The van der Waals surface area contributed by atoms with Crippen molar-refractivity contribution in [2.24, 2.45) is 4.99 Å². The van der Waals surface area contributed by atoms with Crippen LogP contribution in [0.15, 0.2) is 29.3 Å². The molecule has 0 spiro atoms. The molecule has 5 heteroatoms. The molecule has 0 aromatic heterocycles. The van der Waals surface area contributed by atoms with Crippen molar-refractivity contribution in [3.8, 4) is 0 Å². The van der Waals surface area contributed by atoms with Gasteiger partial charge < -0.3 is 19.7 Å². The van der Waals surface area contributed by atoms with E-state index in [4.69, 9.17) is 9.47 Å². The molecule has 1 N–H and O–H groups in total. The van der Waals surface area contributed by atoms with Gasteiger partial charge in [0.05, 0.1) is 19.8 Å². The highest BCUT2D eigenvalue weighted by molar-refractivity contribution is 5.80. The van der Waals surface area contributed by atoms with Gasteiger partial charge in [-0.3, -0.25) is 4.99 Å². The average molecular weight is 303 g/mol. The summed E-state index contributed by atoms with van der Waals surface area (Å²) in [7, 11) is 3.80. The lowest BCUT2D eigenvalue weighted by Gasteiger charge is -2.40. The van der Waals surface area contributed by atoms with Crippen LogP contribution in [0.3, 0.4) is 0 Å². The second-order valence-electron chi connectivity index (χ2n) is 6.02. The lowest BCUT2D eigenvalue weighted by atomic mass is 9.86. The summed E-state index contributed by atoms with van der Waals surface area (Å²) in [5.41, 5.74) is 2.14. The average Bonchev–Trinajstić information content (AvgIpc) is 2.55. The number of nitrogens with zero attached hydrogens (tertiary/aromatic N) is 2. The first-order chi connectivity index (χ1) is 10.7. The predicted molar refractivity (Wildman–Crippen MR) is 87.2 cm³/mol. The summed E-state index contributed by atoms with van der Waals surface area (Å²) >= 11 is 0. The van der Waals surface area contributed by atoms with E-state index in [0.717, 1.165) is 38.5 Å². The number of fused-ring (bicyclic) bond motifs is 1. The number of nitrogens with one attached hydrogen (secondary N) is 1. The Balaban J connectivity index is 1.82. The fraction of sp³-hybridized carbons (Fsp3) is 0.588. The van der Waals surface area contributed by atoms with E-state index in [0.29, 0.717) is 13.2 Å². The molecule has 3 rings (SSSR count). The van der Waals surface area contributed by atoms with Gasteiger partial charge in [-0.05, 0) is 24.0 Å². The van der Waals surface area contributed by atoms with Gasteiger partial charge in [-0.25, -0.2) is 0 Å². The minimum absolute atomic E-state index is 0.440. The molecule has 2 aliphatic rings. The van der Waals surface area contributed by atoms with Crippen LogP contribution in [0.25, 0.3) is 0 Å². The van der Waals surface area contributed by atoms with Crippen LogP contribution in [0.5, 0.6) is 0 Å². The summed E-state index contributed by atoms with van der Waals surface area (Å²) in [5, 5.41) is 3.48. The van der Waals surface area contributed by atoms with Crippen LogP contribution in [-0.2, 0) is 21.5 Å². The van der Waals surface area contributed by atoms with E-state index in [2.05, 4.69) is 46.5 Å².